The van der Waals surface area contributed by atoms with E-state index in [2.05, 4.69) is 20.2 Å². The summed E-state index contributed by atoms with van der Waals surface area (Å²) >= 11 is 1.56. The lowest BCUT2D eigenvalue weighted by Crippen LogP contribution is -2.51. The molecule has 0 aliphatic carbocycles. The van der Waals surface area contributed by atoms with Crippen LogP contribution < -0.4 is 16.0 Å². The van der Waals surface area contributed by atoms with Crippen LogP contribution in [0.2, 0.25) is 0 Å². The quantitative estimate of drug-likeness (QED) is 0.716. The molecule has 0 radical (unpaired) electrons. The van der Waals surface area contributed by atoms with Crippen molar-refractivity contribution in [3.8, 4) is 0 Å². The molecule has 27 heavy (non-hydrogen) atoms. The van der Waals surface area contributed by atoms with Gasteiger partial charge >= 0.3 is 0 Å². The van der Waals surface area contributed by atoms with Crippen molar-refractivity contribution < 1.29 is 4.79 Å². The van der Waals surface area contributed by atoms with Crippen LogP contribution in [0.3, 0.4) is 0 Å². The molecule has 0 unspecified atom stereocenters. The van der Waals surface area contributed by atoms with Crippen LogP contribution in [0, 0.1) is 0 Å². The van der Waals surface area contributed by atoms with Crippen LogP contribution in [0.4, 0.5) is 11.8 Å². The van der Waals surface area contributed by atoms with Gasteiger partial charge in [0.05, 0.1) is 5.39 Å². The maximum atomic E-state index is 13.0. The Hall–Kier alpha value is -2.71. The molecule has 2 aromatic heterocycles. The van der Waals surface area contributed by atoms with Crippen LogP contribution in [0.25, 0.3) is 10.2 Å². The predicted octanol–water partition coefficient (Wildman–Crippen LogP) is 1.88. The number of hydrogen-bond donors (Lipinski definition) is 2. The molecule has 3 aromatic rings. The van der Waals surface area contributed by atoms with Gasteiger partial charge in [0.25, 0.3) is 0 Å². The third-order valence-electron chi connectivity index (χ3n) is 4.88. The second-order valence-electron chi connectivity index (χ2n) is 6.49. The molecule has 140 valence electrons. The van der Waals surface area contributed by atoms with E-state index in [9.17, 15) is 4.79 Å². The van der Waals surface area contributed by atoms with E-state index in [0.717, 1.165) is 34.7 Å². The fourth-order valence-electron chi connectivity index (χ4n) is 3.50. The Balaban J connectivity index is 1.48. The Labute approximate surface area is 161 Å². The van der Waals surface area contributed by atoms with Gasteiger partial charge in [-0.05, 0) is 24.1 Å². The molecular weight excluding hydrogens is 360 g/mol. The molecule has 1 amide bonds. The lowest BCUT2D eigenvalue weighted by atomic mass is 10.1. The van der Waals surface area contributed by atoms with E-state index in [4.69, 9.17) is 5.73 Å². The summed E-state index contributed by atoms with van der Waals surface area (Å²) in [7, 11) is 1.82. The number of aromatic nitrogens is 2. The number of amides is 1. The lowest BCUT2D eigenvalue weighted by Gasteiger charge is -2.37. The number of anilines is 2. The van der Waals surface area contributed by atoms with E-state index in [0.29, 0.717) is 13.1 Å². The van der Waals surface area contributed by atoms with Crippen molar-refractivity contribution in [2.75, 3.05) is 43.9 Å². The fourth-order valence-corrected chi connectivity index (χ4v) is 4.26. The van der Waals surface area contributed by atoms with E-state index in [-0.39, 0.29) is 17.9 Å². The smallest absolute Gasteiger partial charge is 0.244 e. The van der Waals surface area contributed by atoms with Gasteiger partial charge in [-0.15, -0.1) is 11.3 Å². The SMILES string of the molecule is CN[C@H](C(=O)N1CCN(c2nc(N)nc3sccc23)CC1)c1ccccc1. The van der Waals surface area contributed by atoms with Crippen LogP contribution in [0.1, 0.15) is 11.6 Å². The Morgan fingerprint density at radius 3 is 2.59 bits per heavy atom. The normalized spacial score (nSPS) is 15.9. The van der Waals surface area contributed by atoms with Crippen molar-refractivity contribution in [2.45, 2.75) is 6.04 Å². The Morgan fingerprint density at radius 1 is 1.15 bits per heavy atom. The van der Waals surface area contributed by atoms with Gasteiger partial charge < -0.3 is 20.9 Å². The van der Waals surface area contributed by atoms with Gasteiger partial charge in [-0.1, -0.05) is 30.3 Å². The van der Waals surface area contributed by atoms with Crippen molar-refractivity contribution >= 4 is 39.2 Å². The molecule has 1 fully saturated rings. The molecule has 1 atom stereocenters. The molecule has 7 nitrogen and oxygen atoms in total. The van der Waals surface area contributed by atoms with Crippen molar-refractivity contribution in [3.63, 3.8) is 0 Å². The summed E-state index contributed by atoms with van der Waals surface area (Å²) in [6.07, 6.45) is 0. The van der Waals surface area contributed by atoms with Gasteiger partial charge in [-0.25, -0.2) is 4.98 Å². The first-order chi connectivity index (χ1) is 13.2. The van der Waals surface area contributed by atoms with Crippen LogP contribution >= 0.6 is 11.3 Å². The average molecular weight is 382 g/mol. The van der Waals surface area contributed by atoms with Crippen LogP contribution in [-0.4, -0.2) is 54.0 Å². The van der Waals surface area contributed by atoms with Gasteiger partial charge in [0.15, 0.2) is 0 Å². The van der Waals surface area contributed by atoms with Crippen molar-refractivity contribution in [2.24, 2.45) is 0 Å². The highest BCUT2D eigenvalue weighted by atomic mass is 32.1. The van der Waals surface area contributed by atoms with Gasteiger partial charge in [0.1, 0.15) is 16.7 Å². The largest absolute Gasteiger partial charge is 0.368 e. The highest BCUT2D eigenvalue weighted by Gasteiger charge is 2.28. The highest BCUT2D eigenvalue weighted by Crippen LogP contribution is 2.29. The minimum absolute atomic E-state index is 0.103. The summed E-state index contributed by atoms with van der Waals surface area (Å²) in [4.78, 5) is 26.7. The Kier molecular flexibility index (Phi) is 4.91. The summed E-state index contributed by atoms with van der Waals surface area (Å²) in [6.45, 7) is 2.75. The molecule has 4 rings (SSSR count). The molecule has 1 aliphatic rings. The first-order valence-corrected chi connectivity index (χ1v) is 9.82. The number of nitrogen functional groups attached to an aromatic ring is 1. The molecule has 0 saturated carbocycles. The van der Waals surface area contributed by atoms with Gasteiger partial charge in [-0.3, -0.25) is 4.79 Å². The molecule has 0 bridgehead atoms. The molecule has 8 heteroatoms. The summed E-state index contributed by atoms with van der Waals surface area (Å²) in [5.41, 5.74) is 6.86. The maximum Gasteiger partial charge on any atom is 0.244 e. The number of nitrogens with zero attached hydrogens (tertiary/aromatic N) is 4. The van der Waals surface area contributed by atoms with Gasteiger partial charge in [0, 0.05) is 26.2 Å². The minimum Gasteiger partial charge on any atom is -0.368 e. The standard InChI is InChI=1S/C19H22N6OS/c1-21-15(13-5-3-2-4-6-13)18(26)25-10-8-24(9-11-25)16-14-7-12-27-17(14)23-19(20)22-16/h2-7,12,15,21H,8-11H2,1H3,(H2,20,22,23)/t15-/m0/s1. The summed E-state index contributed by atoms with van der Waals surface area (Å²) in [5.74, 6) is 1.25. The summed E-state index contributed by atoms with van der Waals surface area (Å²) in [5, 5.41) is 6.17. The number of nitrogens with one attached hydrogen (secondary N) is 1. The topological polar surface area (TPSA) is 87.4 Å². The number of rotatable bonds is 4. The summed E-state index contributed by atoms with van der Waals surface area (Å²) in [6, 6.07) is 11.5. The van der Waals surface area contributed by atoms with E-state index in [1.165, 1.54) is 0 Å². The van der Waals surface area contributed by atoms with Gasteiger partial charge in [-0.2, -0.15) is 4.98 Å². The zero-order valence-corrected chi connectivity index (χ0v) is 15.9. The Morgan fingerprint density at radius 2 is 1.89 bits per heavy atom. The Bertz CT molecular complexity index is 936. The van der Waals surface area contributed by atoms with E-state index in [1.54, 1.807) is 11.3 Å². The second kappa shape index (κ2) is 7.50. The number of nitrogens with two attached hydrogens (primary N) is 1. The predicted molar refractivity (Wildman–Crippen MR) is 109 cm³/mol. The number of likely N-dealkylation sites (N-methyl/N-ethyl adjacent to an activating group) is 1. The first kappa shape index (κ1) is 17.7. The van der Waals surface area contributed by atoms with Crippen LogP contribution in [-0.2, 0) is 4.79 Å². The monoisotopic (exact) mass is 382 g/mol. The van der Waals surface area contributed by atoms with Crippen molar-refractivity contribution in [1.82, 2.24) is 20.2 Å². The molecule has 3 N–H and O–H groups in total. The number of benzene rings is 1. The molecule has 3 heterocycles. The maximum absolute atomic E-state index is 13.0. The molecule has 1 saturated heterocycles. The summed E-state index contributed by atoms with van der Waals surface area (Å²) < 4.78 is 0. The highest BCUT2D eigenvalue weighted by molar-refractivity contribution is 7.16. The number of hydrogen-bond acceptors (Lipinski definition) is 7. The number of carbonyl (C=O) groups is 1. The third kappa shape index (κ3) is 3.45. The number of fused-ring (bicyclic) bond motifs is 1. The lowest BCUT2D eigenvalue weighted by molar-refractivity contribution is -0.133. The zero-order chi connectivity index (χ0) is 18.8. The van der Waals surface area contributed by atoms with Crippen LogP contribution in [0.5, 0.6) is 0 Å². The second-order valence-corrected chi connectivity index (χ2v) is 7.38. The van der Waals surface area contributed by atoms with E-state index < -0.39 is 0 Å². The molecular formula is C19H22N6OS. The number of piperazine rings is 1. The van der Waals surface area contributed by atoms with E-state index >= 15 is 0 Å². The van der Waals surface area contributed by atoms with E-state index in [1.807, 2.05) is 53.7 Å². The fraction of sp³-hybridized carbons (Fsp3) is 0.316. The van der Waals surface area contributed by atoms with Crippen molar-refractivity contribution in [1.29, 1.82) is 0 Å². The average Bonchev–Trinajstić information content (AvgIpc) is 3.17. The van der Waals surface area contributed by atoms with Crippen LogP contribution in [0.15, 0.2) is 41.8 Å². The third-order valence-corrected chi connectivity index (χ3v) is 5.69. The molecule has 1 aliphatic heterocycles. The van der Waals surface area contributed by atoms with Gasteiger partial charge in [0.2, 0.25) is 11.9 Å². The first-order valence-electron chi connectivity index (χ1n) is 8.94. The molecule has 0 spiro atoms. The zero-order valence-electron chi connectivity index (χ0n) is 15.1. The van der Waals surface area contributed by atoms with Crippen molar-refractivity contribution in [3.05, 3.63) is 47.3 Å². The number of carbonyl (C=O) groups excluding carboxylic acids is 1. The number of thiophene rings is 1. The molecule has 1 aromatic carbocycles. The minimum atomic E-state index is -0.323.